The molecular weight excluding hydrogens is 274 g/mol. The third kappa shape index (κ3) is 2.14. The van der Waals surface area contributed by atoms with Gasteiger partial charge in [0, 0.05) is 27.7 Å². The Kier molecular flexibility index (Phi) is 3.23. The first-order valence-electron chi connectivity index (χ1n) is 4.73. The quantitative estimate of drug-likeness (QED) is 0.943. The lowest BCUT2D eigenvalue weighted by Gasteiger charge is -2.07. The standard InChI is InChI=1S/C10H12BrN3S/c1-2-14-6-7(5-13-14)9(12)10-8(11)3-4-15-10/h3-6,9H,2,12H2,1H3. The molecule has 80 valence electrons. The number of nitrogens with two attached hydrogens (primary N) is 1. The summed E-state index contributed by atoms with van der Waals surface area (Å²) in [4.78, 5) is 1.14. The Bertz CT molecular complexity index is 449. The minimum Gasteiger partial charge on any atom is -0.319 e. The molecule has 0 aliphatic heterocycles. The van der Waals surface area contributed by atoms with Crippen LogP contribution in [0.25, 0.3) is 0 Å². The summed E-state index contributed by atoms with van der Waals surface area (Å²) >= 11 is 5.15. The average molecular weight is 286 g/mol. The largest absolute Gasteiger partial charge is 0.319 e. The SMILES string of the molecule is CCn1cc(C(N)c2sccc2Br)cn1. The van der Waals surface area contributed by atoms with E-state index < -0.39 is 0 Å². The van der Waals surface area contributed by atoms with Crippen molar-refractivity contribution in [3.8, 4) is 0 Å². The summed E-state index contributed by atoms with van der Waals surface area (Å²) in [6.07, 6.45) is 3.83. The highest BCUT2D eigenvalue weighted by Crippen LogP contribution is 2.31. The normalized spacial score (nSPS) is 13.0. The molecule has 5 heteroatoms. The molecule has 0 fully saturated rings. The van der Waals surface area contributed by atoms with Gasteiger partial charge in [0.25, 0.3) is 0 Å². The molecule has 3 nitrogen and oxygen atoms in total. The first-order chi connectivity index (χ1) is 7.22. The van der Waals surface area contributed by atoms with E-state index in [9.17, 15) is 0 Å². The van der Waals surface area contributed by atoms with Crippen molar-refractivity contribution in [2.45, 2.75) is 19.5 Å². The van der Waals surface area contributed by atoms with Crippen LogP contribution in [0.3, 0.4) is 0 Å². The smallest absolute Gasteiger partial charge is 0.0688 e. The van der Waals surface area contributed by atoms with E-state index in [0.717, 1.165) is 21.5 Å². The predicted octanol–water partition coefficient (Wildman–Crippen LogP) is 2.78. The lowest BCUT2D eigenvalue weighted by molar-refractivity contribution is 0.658. The van der Waals surface area contributed by atoms with Gasteiger partial charge >= 0.3 is 0 Å². The zero-order valence-corrected chi connectivity index (χ0v) is 10.8. The van der Waals surface area contributed by atoms with Crippen LogP contribution in [0, 0.1) is 0 Å². The van der Waals surface area contributed by atoms with Gasteiger partial charge in [-0.1, -0.05) is 0 Å². The molecule has 2 aromatic rings. The fraction of sp³-hybridized carbons (Fsp3) is 0.300. The first kappa shape index (κ1) is 10.9. The van der Waals surface area contributed by atoms with Crippen molar-refractivity contribution < 1.29 is 0 Å². The zero-order chi connectivity index (χ0) is 10.8. The van der Waals surface area contributed by atoms with E-state index in [1.807, 2.05) is 28.5 Å². The van der Waals surface area contributed by atoms with Gasteiger partial charge in [0.15, 0.2) is 0 Å². The van der Waals surface area contributed by atoms with Gasteiger partial charge in [0.05, 0.1) is 12.2 Å². The van der Waals surface area contributed by atoms with Crippen LogP contribution in [-0.4, -0.2) is 9.78 Å². The van der Waals surface area contributed by atoms with Crippen molar-refractivity contribution in [2.75, 3.05) is 0 Å². The van der Waals surface area contributed by atoms with Crippen LogP contribution in [0.5, 0.6) is 0 Å². The molecule has 0 spiro atoms. The van der Waals surface area contributed by atoms with E-state index >= 15 is 0 Å². The maximum atomic E-state index is 6.16. The molecule has 0 aliphatic carbocycles. The summed E-state index contributed by atoms with van der Waals surface area (Å²) in [6, 6.07) is 1.93. The Hall–Kier alpha value is -0.650. The molecule has 2 aromatic heterocycles. The average Bonchev–Trinajstić information content (AvgIpc) is 2.84. The Morgan fingerprint density at radius 1 is 1.67 bits per heavy atom. The van der Waals surface area contributed by atoms with Crippen molar-refractivity contribution in [1.29, 1.82) is 0 Å². The van der Waals surface area contributed by atoms with Gasteiger partial charge < -0.3 is 5.73 Å². The number of aromatic nitrogens is 2. The lowest BCUT2D eigenvalue weighted by atomic mass is 10.1. The Morgan fingerprint density at radius 3 is 3.00 bits per heavy atom. The second-order valence-corrected chi connectivity index (χ2v) is 5.04. The molecule has 0 saturated heterocycles. The molecule has 2 heterocycles. The van der Waals surface area contributed by atoms with E-state index in [2.05, 4.69) is 28.0 Å². The van der Waals surface area contributed by atoms with Gasteiger partial charge in [0.2, 0.25) is 0 Å². The van der Waals surface area contributed by atoms with E-state index in [-0.39, 0.29) is 6.04 Å². The van der Waals surface area contributed by atoms with Gasteiger partial charge in [-0.3, -0.25) is 4.68 Å². The second-order valence-electron chi connectivity index (χ2n) is 3.24. The van der Waals surface area contributed by atoms with E-state index in [0.29, 0.717) is 0 Å². The molecular formula is C10H12BrN3S. The van der Waals surface area contributed by atoms with Crippen LogP contribution in [0.15, 0.2) is 28.3 Å². The number of rotatable bonds is 3. The van der Waals surface area contributed by atoms with Gasteiger partial charge in [-0.25, -0.2) is 0 Å². The molecule has 0 aromatic carbocycles. The first-order valence-corrected chi connectivity index (χ1v) is 6.40. The number of thiophene rings is 1. The van der Waals surface area contributed by atoms with E-state index in [1.54, 1.807) is 11.3 Å². The molecule has 0 amide bonds. The Labute approximate surface area is 101 Å². The summed E-state index contributed by atoms with van der Waals surface area (Å²) < 4.78 is 2.96. The number of halogens is 1. The monoisotopic (exact) mass is 285 g/mol. The van der Waals surface area contributed by atoms with E-state index in [4.69, 9.17) is 5.73 Å². The summed E-state index contributed by atoms with van der Waals surface area (Å²) in [5, 5.41) is 6.25. The van der Waals surface area contributed by atoms with Gasteiger partial charge in [-0.15, -0.1) is 11.3 Å². The third-order valence-electron chi connectivity index (χ3n) is 2.26. The summed E-state index contributed by atoms with van der Waals surface area (Å²) in [5.41, 5.74) is 7.21. The van der Waals surface area contributed by atoms with Crippen LogP contribution >= 0.6 is 27.3 Å². The molecule has 0 bridgehead atoms. The van der Waals surface area contributed by atoms with E-state index in [1.165, 1.54) is 0 Å². The molecule has 1 unspecified atom stereocenters. The molecule has 0 aliphatic rings. The van der Waals surface area contributed by atoms with Crippen LogP contribution in [0.1, 0.15) is 23.4 Å². The van der Waals surface area contributed by atoms with Crippen molar-refractivity contribution in [1.82, 2.24) is 9.78 Å². The van der Waals surface area contributed by atoms with Crippen molar-refractivity contribution in [3.63, 3.8) is 0 Å². The third-order valence-corrected chi connectivity index (χ3v) is 4.22. The van der Waals surface area contributed by atoms with Gasteiger partial charge in [0.1, 0.15) is 0 Å². The molecule has 2 rings (SSSR count). The fourth-order valence-electron chi connectivity index (χ4n) is 1.39. The zero-order valence-electron chi connectivity index (χ0n) is 8.35. The van der Waals surface area contributed by atoms with Crippen molar-refractivity contribution >= 4 is 27.3 Å². The van der Waals surface area contributed by atoms with Gasteiger partial charge in [-0.05, 0) is 34.3 Å². The number of nitrogens with zero attached hydrogens (tertiary/aromatic N) is 2. The van der Waals surface area contributed by atoms with Crippen LogP contribution in [0.4, 0.5) is 0 Å². The number of aryl methyl sites for hydroxylation is 1. The Balaban J connectivity index is 2.28. The van der Waals surface area contributed by atoms with Crippen LogP contribution in [-0.2, 0) is 6.54 Å². The maximum Gasteiger partial charge on any atom is 0.0688 e. The summed E-state index contributed by atoms with van der Waals surface area (Å²) in [7, 11) is 0. The summed E-state index contributed by atoms with van der Waals surface area (Å²) in [6.45, 7) is 2.93. The highest BCUT2D eigenvalue weighted by Gasteiger charge is 2.14. The highest BCUT2D eigenvalue weighted by atomic mass is 79.9. The topological polar surface area (TPSA) is 43.8 Å². The Morgan fingerprint density at radius 2 is 2.47 bits per heavy atom. The fourth-order valence-corrected chi connectivity index (χ4v) is 3.04. The molecule has 2 N–H and O–H groups in total. The predicted molar refractivity (Wildman–Crippen MR) is 66.0 cm³/mol. The number of hydrogen-bond donors (Lipinski definition) is 1. The van der Waals surface area contributed by atoms with Crippen LogP contribution in [0.2, 0.25) is 0 Å². The van der Waals surface area contributed by atoms with Crippen LogP contribution < -0.4 is 5.73 Å². The second kappa shape index (κ2) is 4.47. The molecule has 0 saturated carbocycles. The molecule has 15 heavy (non-hydrogen) atoms. The maximum absolute atomic E-state index is 6.16. The highest BCUT2D eigenvalue weighted by molar-refractivity contribution is 9.10. The molecule has 0 radical (unpaired) electrons. The number of hydrogen-bond acceptors (Lipinski definition) is 3. The van der Waals surface area contributed by atoms with Crippen molar-refractivity contribution in [3.05, 3.63) is 38.8 Å². The lowest BCUT2D eigenvalue weighted by Crippen LogP contribution is -2.09. The minimum absolute atomic E-state index is 0.0836. The molecule has 1 atom stereocenters. The van der Waals surface area contributed by atoms with Crippen molar-refractivity contribution in [2.24, 2.45) is 5.73 Å². The van der Waals surface area contributed by atoms with Gasteiger partial charge in [-0.2, -0.15) is 5.10 Å². The minimum atomic E-state index is -0.0836. The summed E-state index contributed by atoms with van der Waals surface area (Å²) in [5.74, 6) is 0.